The van der Waals surface area contributed by atoms with Crippen molar-refractivity contribution < 1.29 is 14.7 Å². The first-order chi connectivity index (χ1) is 8.56. The van der Waals surface area contributed by atoms with Crippen molar-refractivity contribution in [2.75, 3.05) is 5.32 Å². The Hall–Kier alpha value is -1.85. The molecule has 0 unspecified atom stereocenters. The van der Waals surface area contributed by atoms with Crippen molar-refractivity contribution in [3.05, 3.63) is 51.2 Å². The van der Waals surface area contributed by atoms with E-state index in [0.29, 0.717) is 11.3 Å². The molecule has 92 valence electrons. The number of nitrogens with one attached hydrogen (secondary N) is 1. The predicted octanol–water partition coefficient (Wildman–Crippen LogP) is 3.35. The Balaban J connectivity index is 2.24. The number of carbonyl (C=O) groups is 2. The Morgan fingerprint density at radius 1 is 1.22 bits per heavy atom. The zero-order valence-electron chi connectivity index (χ0n) is 9.01. The summed E-state index contributed by atoms with van der Waals surface area (Å²) in [5.74, 6) is -1.39. The molecule has 0 atom stereocenters. The van der Waals surface area contributed by atoms with Crippen LogP contribution in [0.4, 0.5) is 5.69 Å². The molecule has 18 heavy (non-hydrogen) atoms. The van der Waals surface area contributed by atoms with Gasteiger partial charge < -0.3 is 10.4 Å². The lowest BCUT2D eigenvalue weighted by atomic mass is 10.2. The Kier molecular flexibility index (Phi) is 3.64. The van der Waals surface area contributed by atoms with Gasteiger partial charge in [0, 0.05) is 16.1 Å². The van der Waals surface area contributed by atoms with E-state index in [0.717, 1.165) is 0 Å². The molecular formula is C12H8ClNO3S. The fourth-order valence-corrected chi connectivity index (χ4v) is 2.25. The number of carboxylic acid groups (broad SMARTS) is 1. The van der Waals surface area contributed by atoms with E-state index < -0.39 is 5.97 Å². The first-order valence-corrected chi connectivity index (χ1v) is 6.26. The van der Waals surface area contributed by atoms with Crippen molar-refractivity contribution in [1.82, 2.24) is 0 Å². The van der Waals surface area contributed by atoms with E-state index in [-0.39, 0.29) is 16.5 Å². The van der Waals surface area contributed by atoms with E-state index in [4.69, 9.17) is 16.7 Å². The van der Waals surface area contributed by atoms with Gasteiger partial charge in [0.05, 0.1) is 11.1 Å². The molecule has 6 heteroatoms. The third kappa shape index (κ3) is 2.88. The molecule has 2 aromatic rings. The number of carboxylic acids is 1. The van der Waals surface area contributed by atoms with Crippen molar-refractivity contribution >= 4 is 40.5 Å². The maximum Gasteiger partial charge on any atom is 0.335 e. The molecule has 0 saturated heterocycles. The number of aromatic carboxylic acids is 1. The zero-order valence-corrected chi connectivity index (χ0v) is 10.6. The molecule has 2 rings (SSSR count). The normalized spacial score (nSPS) is 10.1. The maximum absolute atomic E-state index is 11.8. The molecule has 0 saturated carbocycles. The van der Waals surface area contributed by atoms with Gasteiger partial charge in [0.2, 0.25) is 0 Å². The standard InChI is InChI=1S/C12H8ClNO3S/c13-9-3-8(12(16)17)4-10(5-9)14-11(15)7-1-2-18-6-7/h1-6H,(H,14,15)(H,16,17). The van der Waals surface area contributed by atoms with Gasteiger partial charge in [-0.1, -0.05) is 11.6 Å². The minimum atomic E-state index is -1.09. The van der Waals surface area contributed by atoms with Crippen LogP contribution in [0.15, 0.2) is 35.0 Å². The quantitative estimate of drug-likeness (QED) is 0.906. The molecule has 1 aromatic carbocycles. The lowest BCUT2D eigenvalue weighted by Gasteiger charge is -2.05. The van der Waals surface area contributed by atoms with E-state index in [1.165, 1.54) is 29.5 Å². The second-order valence-electron chi connectivity index (χ2n) is 3.50. The number of benzene rings is 1. The van der Waals surface area contributed by atoms with Crippen molar-refractivity contribution in [2.24, 2.45) is 0 Å². The number of carbonyl (C=O) groups excluding carboxylic acids is 1. The van der Waals surface area contributed by atoms with Crippen molar-refractivity contribution in [3.63, 3.8) is 0 Å². The summed E-state index contributed by atoms with van der Waals surface area (Å²) >= 11 is 7.20. The molecule has 0 aliphatic heterocycles. The molecule has 2 N–H and O–H groups in total. The largest absolute Gasteiger partial charge is 0.478 e. The molecule has 1 heterocycles. The SMILES string of the molecule is O=C(O)c1cc(Cl)cc(NC(=O)c2ccsc2)c1. The minimum absolute atomic E-state index is 0.0307. The molecule has 0 aliphatic carbocycles. The molecule has 4 nitrogen and oxygen atoms in total. The highest BCUT2D eigenvalue weighted by Crippen LogP contribution is 2.20. The zero-order chi connectivity index (χ0) is 13.1. The van der Waals surface area contributed by atoms with Crippen LogP contribution in [-0.2, 0) is 0 Å². The van der Waals surface area contributed by atoms with Gasteiger partial charge in [-0.3, -0.25) is 4.79 Å². The second kappa shape index (κ2) is 5.20. The van der Waals surface area contributed by atoms with Crippen LogP contribution in [0.25, 0.3) is 0 Å². The van der Waals surface area contributed by atoms with Crippen molar-refractivity contribution in [1.29, 1.82) is 0 Å². The monoisotopic (exact) mass is 281 g/mol. The van der Waals surface area contributed by atoms with Gasteiger partial charge in [0.1, 0.15) is 0 Å². The number of amides is 1. The molecule has 1 aromatic heterocycles. The molecule has 0 bridgehead atoms. The second-order valence-corrected chi connectivity index (χ2v) is 4.72. The maximum atomic E-state index is 11.8. The summed E-state index contributed by atoms with van der Waals surface area (Å²) in [6.45, 7) is 0. The molecule has 0 aliphatic rings. The Morgan fingerprint density at radius 2 is 2.00 bits per heavy atom. The summed E-state index contributed by atoms with van der Waals surface area (Å²) in [5, 5.41) is 15.2. The molecule has 0 fully saturated rings. The number of halogens is 1. The summed E-state index contributed by atoms with van der Waals surface area (Å²) in [6.07, 6.45) is 0. The van der Waals surface area contributed by atoms with Crippen LogP contribution in [-0.4, -0.2) is 17.0 Å². The van der Waals surface area contributed by atoms with Crippen LogP contribution < -0.4 is 5.32 Å². The minimum Gasteiger partial charge on any atom is -0.478 e. The first kappa shape index (κ1) is 12.6. The van der Waals surface area contributed by atoms with Gasteiger partial charge in [-0.05, 0) is 29.6 Å². The van der Waals surface area contributed by atoms with Gasteiger partial charge in [-0.25, -0.2) is 4.79 Å². The summed E-state index contributed by atoms with van der Waals surface area (Å²) in [4.78, 5) is 22.6. The molecule has 1 amide bonds. The lowest BCUT2D eigenvalue weighted by molar-refractivity contribution is 0.0696. The van der Waals surface area contributed by atoms with Crippen LogP contribution in [0.3, 0.4) is 0 Å². The molecular weight excluding hydrogens is 274 g/mol. The van der Waals surface area contributed by atoms with Gasteiger partial charge in [0.25, 0.3) is 5.91 Å². The van der Waals surface area contributed by atoms with Crippen LogP contribution in [0.5, 0.6) is 0 Å². The summed E-state index contributed by atoms with van der Waals surface area (Å²) < 4.78 is 0. The highest BCUT2D eigenvalue weighted by atomic mass is 35.5. The van der Waals surface area contributed by atoms with Gasteiger partial charge >= 0.3 is 5.97 Å². The van der Waals surface area contributed by atoms with E-state index in [9.17, 15) is 9.59 Å². The number of hydrogen-bond acceptors (Lipinski definition) is 3. The fraction of sp³-hybridized carbons (Fsp3) is 0. The van der Waals surface area contributed by atoms with E-state index in [1.807, 2.05) is 0 Å². The van der Waals surface area contributed by atoms with Gasteiger partial charge in [-0.15, -0.1) is 0 Å². The summed E-state index contributed by atoms with van der Waals surface area (Å²) in [5.41, 5.74) is 0.913. The van der Waals surface area contributed by atoms with Crippen molar-refractivity contribution in [2.45, 2.75) is 0 Å². The summed E-state index contributed by atoms with van der Waals surface area (Å²) in [6, 6.07) is 5.86. The van der Waals surface area contributed by atoms with Gasteiger partial charge in [-0.2, -0.15) is 11.3 Å². The van der Waals surface area contributed by atoms with E-state index in [2.05, 4.69) is 5.32 Å². The van der Waals surface area contributed by atoms with Crippen molar-refractivity contribution in [3.8, 4) is 0 Å². The van der Waals surface area contributed by atoms with Gasteiger partial charge in [0.15, 0.2) is 0 Å². The Bertz CT molecular complexity index is 595. The number of anilines is 1. The third-order valence-corrected chi connectivity index (χ3v) is 3.09. The number of thiophene rings is 1. The first-order valence-electron chi connectivity index (χ1n) is 4.93. The smallest absolute Gasteiger partial charge is 0.335 e. The average Bonchev–Trinajstić information content (AvgIpc) is 2.81. The van der Waals surface area contributed by atoms with E-state index >= 15 is 0 Å². The van der Waals surface area contributed by atoms with Crippen LogP contribution >= 0.6 is 22.9 Å². The molecule has 0 spiro atoms. The van der Waals surface area contributed by atoms with E-state index in [1.54, 1.807) is 16.8 Å². The van der Waals surface area contributed by atoms with Crippen LogP contribution in [0.2, 0.25) is 5.02 Å². The predicted molar refractivity (Wildman–Crippen MR) is 70.7 cm³/mol. The highest BCUT2D eigenvalue weighted by Gasteiger charge is 2.10. The summed E-state index contributed by atoms with van der Waals surface area (Å²) in [7, 11) is 0. The van der Waals surface area contributed by atoms with Crippen LogP contribution in [0.1, 0.15) is 20.7 Å². The van der Waals surface area contributed by atoms with Crippen LogP contribution in [0, 0.1) is 0 Å². The molecule has 0 radical (unpaired) electrons. The Labute approximate surface area is 112 Å². The third-order valence-electron chi connectivity index (χ3n) is 2.19. The number of hydrogen-bond donors (Lipinski definition) is 2. The topological polar surface area (TPSA) is 66.4 Å². The number of rotatable bonds is 3. The fourth-order valence-electron chi connectivity index (χ4n) is 1.38. The average molecular weight is 282 g/mol. The Morgan fingerprint density at radius 3 is 2.61 bits per heavy atom. The highest BCUT2D eigenvalue weighted by molar-refractivity contribution is 7.08. The lowest BCUT2D eigenvalue weighted by Crippen LogP contribution is -2.11.